The molecule has 0 aliphatic heterocycles. The van der Waals surface area contributed by atoms with Crippen LogP contribution in [0.5, 0.6) is 0 Å². The molecule has 1 amide bonds. The molecule has 0 radical (unpaired) electrons. The van der Waals surface area contributed by atoms with Gasteiger partial charge >= 0.3 is 0 Å². The van der Waals surface area contributed by atoms with Crippen molar-refractivity contribution in [2.45, 2.75) is 6.42 Å². The highest BCUT2D eigenvalue weighted by atomic mass is 32.1. The third-order valence-electron chi connectivity index (χ3n) is 2.69. The molecule has 8 heteroatoms. The van der Waals surface area contributed by atoms with Crippen LogP contribution in [0.1, 0.15) is 15.4 Å². The number of halogens is 1. The summed E-state index contributed by atoms with van der Waals surface area (Å²) in [5.41, 5.74) is 0.963. The van der Waals surface area contributed by atoms with Gasteiger partial charge in [-0.15, -0.1) is 15.3 Å². The number of aromatic nitrogens is 4. The second-order valence-electron chi connectivity index (χ2n) is 4.10. The Morgan fingerprint density at radius 1 is 1.35 bits per heavy atom. The Hall–Kier alpha value is -2.35. The van der Waals surface area contributed by atoms with Crippen molar-refractivity contribution in [3.63, 3.8) is 0 Å². The highest BCUT2D eigenvalue weighted by Gasteiger charge is 2.12. The van der Waals surface area contributed by atoms with Crippen molar-refractivity contribution in [3.8, 4) is 0 Å². The predicted molar refractivity (Wildman–Crippen MR) is 71.1 cm³/mol. The highest BCUT2D eigenvalue weighted by molar-refractivity contribution is 7.18. The van der Waals surface area contributed by atoms with E-state index in [1.165, 1.54) is 34.3 Å². The maximum Gasteiger partial charge on any atom is 0.282 e. The van der Waals surface area contributed by atoms with Crippen LogP contribution < -0.4 is 5.32 Å². The van der Waals surface area contributed by atoms with Gasteiger partial charge < -0.3 is 5.32 Å². The van der Waals surface area contributed by atoms with Gasteiger partial charge in [0.2, 0.25) is 9.97 Å². The van der Waals surface area contributed by atoms with Crippen molar-refractivity contribution < 1.29 is 9.18 Å². The Labute approximate surface area is 117 Å². The van der Waals surface area contributed by atoms with Gasteiger partial charge in [0.1, 0.15) is 12.1 Å². The van der Waals surface area contributed by atoms with E-state index < -0.39 is 0 Å². The molecule has 1 N–H and O–H groups in total. The fourth-order valence-corrected chi connectivity index (χ4v) is 2.43. The fraction of sp³-hybridized carbons (Fsp3) is 0.167. The average molecular weight is 291 g/mol. The molecule has 102 valence electrons. The number of nitrogens with one attached hydrogen (secondary N) is 1. The third-order valence-corrected chi connectivity index (χ3v) is 3.61. The SMILES string of the molecule is O=C(NCCc1ccc(F)cc1)c1nn2cnnc2s1. The molecule has 0 aliphatic rings. The maximum absolute atomic E-state index is 12.7. The molecule has 0 bridgehead atoms. The summed E-state index contributed by atoms with van der Waals surface area (Å²) >= 11 is 1.18. The Kier molecular flexibility index (Phi) is 3.38. The molecule has 0 saturated carbocycles. The number of rotatable bonds is 4. The van der Waals surface area contributed by atoms with E-state index in [2.05, 4.69) is 20.6 Å². The Balaban J connectivity index is 1.56. The molecule has 3 rings (SSSR count). The van der Waals surface area contributed by atoms with Crippen molar-refractivity contribution in [1.82, 2.24) is 25.1 Å². The number of nitrogens with zero attached hydrogens (tertiary/aromatic N) is 4. The lowest BCUT2D eigenvalue weighted by atomic mass is 10.1. The minimum absolute atomic E-state index is 0.248. The van der Waals surface area contributed by atoms with Crippen molar-refractivity contribution in [2.75, 3.05) is 6.54 Å². The van der Waals surface area contributed by atoms with Gasteiger partial charge in [-0.05, 0) is 24.1 Å². The zero-order valence-electron chi connectivity index (χ0n) is 10.3. The molecule has 0 unspecified atom stereocenters. The second-order valence-corrected chi connectivity index (χ2v) is 5.05. The van der Waals surface area contributed by atoms with E-state index in [4.69, 9.17) is 0 Å². The summed E-state index contributed by atoms with van der Waals surface area (Å²) in [6.45, 7) is 0.463. The van der Waals surface area contributed by atoms with Gasteiger partial charge in [0.05, 0.1) is 0 Å². The predicted octanol–water partition coefficient (Wildman–Crippen LogP) is 1.30. The van der Waals surface area contributed by atoms with E-state index in [0.29, 0.717) is 22.9 Å². The number of hydrogen-bond acceptors (Lipinski definition) is 5. The van der Waals surface area contributed by atoms with Crippen LogP contribution in [0.4, 0.5) is 4.39 Å². The standard InChI is InChI=1S/C12H10FN5OS/c13-9-3-1-8(2-4-9)5-6-14-10(19)11-17-18-7-15-16-12(18)20-11/h1-4,7H,5-6H2,(H,14,19). The van der Waals surface area contributed by atoms with E-state index in [-0.39, 0.29) is 11.7 Å². The molecule has 0 saturated heterocycles. The quantitative estimate of drug-likeness (QED) is 0.786. The van der Waals surface area contributed by atoms with Crippen LogP contribution in [-0.2, 0) is 6.42 Å². The van der Waals surface area contributed by atoms with Gasteiger partial charge in [0.15, 0.2) is 0 Å². The molecule has 2 heterocycles. The van der Waals surface area contributed by atoms with Crippen LogP contribution in [0.25, 0.3) is 4.96 Å². The van der Waals surface area contributed by atoms with Crippen molar-refractivity contribution in [3.05, 3.63) is 47.0 Å². The monoisotopic (exact) mass is 291 g/mol. The molecule has 20 heavy (non-hydrogen) atoms. The molecular weight excluding hydrogens is 281 g/mol. The van der Waals surface area contributed by atoms with Gasteiger partial charge in [0.25, 0.3) is 5.91 Å². The lowest BCUT2D eigenvalue weighted by molar-refractivity contribution is 0.0952. The lowest BCUT2D eigenvalue weighted by Gasteiger charge is -2.03. The number of hydrogen-bond donors (Lipinski definition) is 1. The van der Waals surface area contributed by atoms with E-state index in [0.717, 1.165) is 5.56 Å². The number of amides is 1. The first-order valence-electron chi connectivity index (χ1n) is 5.92. The van der Waals surface area contributed by atoms with Gasteiger partial charge in [-0.25, -0.2) is 4.39 Å². The Morgan fingerprint density at radius 3 is 2.90 bits per heavy atom. The lowest BCUT2D eigenvalue weighted by Crippen LogP contribution is -2.25. The third kappa shape index (κ3) is 2.64. The summed E-state index contributed by atoms with van der Waals surface area (Å²) in [5, 5.41) is 14.6. The molecule has 0 atom stereocenters. The zero-order valence-corrected chi connectivity index (χ0v) is 11.1. The van der Waals surface area contributed by atoms with Gasteiger partial charge in [0, 0.05) is 6.54 Å². The van der Waals surface area contributed by atoms with E-state index >= 15 is 0 Å². The summed E-state index contributed by atoms with van der Waals surface area (Å²) in [5.74, 6) is -0.514. The van der Waals surface area contributed by atoms with Crippen molar-refractivity contribution in [1.29, 1.82) is 0 Å². The first kappa shape index (κ1) is 12.7. The average Bonchev–Trinajstić information content (AvgIpc) is 3.02. The summed E-state index contributed by atoms with van der Waals surface area (Å²) in [6, 6.07) is 6.20. The normalized spacial score (nSPS) is 10.8. The Bertz CT molecular complexity index is 707. The van der Waals surface area contributed by atoms with E-state index in [1.807, 2.05) is 0 Å². The van der Waals surface area contributed by atoms with Crippen LogP contribution >= 0.6 is 11.3 Å². The number of carbonyl (C=O) groups is 1. The number of fused-ring (bicyclic) bond motifs is 1. The molecule has 0 fully saturated rings. The molecular formula is C12H10FN5OS. The molecule has 2 aromatic heterocycles. The van der Waals surface area contributed by atoms with Crippen LogP contribution in [0.15, 0.2) is 30.6 Å². The minimum atomic E-state index is -0.266. The molecule has 6 nitrogen and oxygen atoms in total. The zero-order chi connectivity index (χ0) is 13.9. The van der Waals surface area contributed by atoms with E-state index in [9.17, 15) is 9.18 Å². The molecule has 0 spiro atoms. The van der Waals surface area contributed by atoms with Gasteiger partial charge in [-0.3, -0.25) is 4.79 Å². The fourth-order valence-electron chi connectivity index (χ4n) is 1.70. The smallest absolute Gasteiger partial charge is 0.282 e. The first-order chi connectivity index (χ1) is 9.72. The number of benzene rings is 1. The van der Waals surface area contributed by atoms with Gasteiger partial charge in [-0.1, -0.05) is 23.5 Å². The topological polar surface area (TPSA) is 72.2 Å². The van der Waals surface area contributed by atoms with Crippen LogP contribution in [0.2, 0.25) is 0 Å². The summed E-state index contributed by atoms with van der Waals surface area (Å²) in [4.78, 5) is 12.4. The summed E-state index contributed by atoms with van der Waals surface area (Å²) in [6.07, 6.45) is 2.08. The van der Waals surface area contributed by atoms with Gasteiger partial charge in [-0.2, -0.15) is 4.52 Å². The van der Waals surface area contributed by atoms with Crippen LogP contribution in [-0.4, -0.2) is 32.3 Å². The Morgan fingerprint density at radius 2 is 2.15 bits per heavy atom. The second kappa shape index (κ2) is 5.33. The maximum atomic E-state index is 12.7. The van der Waals surface area contributed by atoms with Crippen molar-refractivity contribution in [2.24, 2.45) is 0 Å². The van der Waals surface area contributed by atoms with Crippen molar-refractivity contribution >= 4 is 22.2 Å². The minimum Gasteiger partial charge on any atom is -0.350 e. The first-order valence-corrected chi connectivity index (χ1v) is 6.73. The van der Waals surface area contributed by atoms with Crippen LogP contribution in [0.3, 0.4) is 0 Å². The van der Waals surface area contributed by atoms with Crippen LogP contribution in [0, 0.1) is 5.82 Å². The largest absolute Gasteiger partial charge is 0.350 e. The highest BCUT2D eigenvalue weighted by Crippen LogP contribution is 2.11. The molecule has 3 aromatic rings. The molecule has 0 aliphatic carbocycles. The van der Waals surface area contributed by atoms with E-state index in [1.54, 1.807) is 12.1 Å². The molecule has 1 aromatic carbocycles. The summed E-state index contributed by atoms with van der Waals surface area (Å²) < 4.78 is 14.2. The summed E-state index contributed by atoms with van der Waals surface area (Å²) in [7, 11) is 0. The number of carbonyl (C=O) groups excluding carboxylic acids is 1.